The van der Waals surface area contributed by atoms with Gasteiger partial charge in [0.05, 0.1) is 13.2 Å². The zero-order chi connectivity index (χ0) is 19.2. The molecule has 2 N–H and O–H groups in total. The maximum Gasteiger partial charge on any atom is 0.171 e. The molecule has 1 aliphatic heterocycles. The molecule has 27 heavy (non-hydrogen) atoms. The summed E-state index contributed by atoms with van der Waals surface area (Å²) in [6, 6.07) is 16.7. The van der Waals surface area contributed by atoms with Gasteiger partial charge in [0.1, 0.15) is 5.75 Å². The lowest BCUT2D eigenvalue weighted by Crippen LogP contribution is -2.34. The molecule has 5 heteroatoms. The van der Waals surface area contributed by atoms with Gasteiger partial charge in [-0.15, -0.1) is 0 Å². The normalized spacial score (nSPS) is 17.9. The third-order valence-electron chi connectivity index (χ3n) is 5.09. The monoisotopic (exact) mass is 383 g/mol. The smallest absolute Gasteiger partial charge is 0.171 e. The van der Waals surface area contributed by atoms with Crippen molar-refractivity contribution in [2.24, 2.45) is 5.92 Å². The fraction of sp³-hybridized carbons (Fsp3) is 0.409. The Morgan fingerprint density at radius 1 is 1.22 bits per heavy atom. The van der Waals surface area contributed by atoms with Crippen LogP contribution >= 0.6 is 12.2 Å². The van der Waals surface area contributed by atoms with Gasteiger partial charge < -0.3 is 20.3 Å². The number of anilines is 2. The Kier molecular flexibility index (Phi) is 6.56. The van der Waals surface area contributed by atoms with Crippen LogP contribution in [0.4, 0.5) is 11.4 Å². The number of hydrogen-bond acceptors (Lipinski definition) is 3. The second kappa shape index (κ2) is 9.09. The van der Waals surface area contributed by atoms with E-state index in [1.165, 1.54) is 24.1 Å². The van der Waals surface area contributed by atoms with Crippen LogP contribution in [0.3, 0.4) is 0 Å². The number of nitrogens with zero attached hydrogens (tertiary/aromatic N) is 1. The molecular weight excluding hydrogens is 354 g/mol. The molecule has 2 unspecified atom stereocenters. The summed E-state index contributed by atoms with van der Waals surface area (Å²) < 4.78 is 5.25. The number of ether oxygens (including phenoxy) is 1. The van der Waals surface area contributed by atoms with E-state index in [0.717, 1.165) is 30.4 Å². The SMILES string of the molecule is COc1cccc(NC(=S)NC(C)c2ccc(N3CCCC(C)C3)cc2)c1. The van der Waals surface area contributed by atoms with Crippen molar-refractivity contribution in [3.63, 3.8) is 0 Å². The summed E-state index contributed by atoms with van der Waals surface area (Å²) in [5.74, 6) is 1.58. The van der Waals surface area contributed by atoms with Crippen molar-refractivity contribution in [2.45, 2.75) is 32.7 Å². The minimum Gasteiger partial charge on any atom is -0.497 e. The number of methoxy groups -OCH3 is 1. The molecule has 1 heterocycles. The van der Waals surface area contributed by atoms with Crippen LogP contribution in [-0.4, -0.2) is 25.3 Å². The molecule has 1 fully saturated rings. The number of piperidine rings is 1. The highest BCUT2D eigenvalue weighted by molar-refractivity contribution is 7.80. The van der Waals surface area contributed by atoms with Crippen molar-refractivity contribution in [2.75, 3.05) is 30.4 Å². The molecule has 144 valence electrons. The Morgan fingerprint density at radius 3 is 2.70 bits per heavy atom. The van der Waals surface area contributed by atoms with Crippen LogP contribution in [0, 0.1) is 5.92 Å². The van der Waals surface area contributed by atoms with E-state index in [0.29, 0.717) is 5.11 Å². The molecule has 0 aliphatic carbocycles. The van der Waals surface area contributed by atoms with Crippen molar-refractivity contribution in [3.8, 4) is 5.75 Å². The Morgan fingerprint density at radius 2 is 2.00 bits per heavy atom. The fourth-order valence-corrected chi connectivity index (χ4v) is 3.84. The van der Waals surface area contributed by atoms with Crippen LogP contribution in [0.25, 0.3) is 0 Å². The molecular formula is C22H29N3OS. The van der Waals surface area contributed by atoms with Gasteiger partial charge in [0, 0.05) is 30.5 Å². The molecule has 0 radical (unpaired) electrons. The van der Waals surface area contributed by atoms with E-state index >= 15 is 0 Å². The van der Waals surface area contributed by atoms with Gasteiger partial charge >= 0.3 is 0 Å². The maximum atomic E-state index is 5.46. The summed E-state index contributed by atoms with van der Waals surface area (Å²) >= 11 is 5.46. The van der Waals surface area contributed by atoms with Crippen LogP contribution in [-0.2, 0) is 0 Å². The third-order valence-corrected chi connectivity index (χ3v) is 5.31. The first kappa shape index (κ1) is 19.5. The summed E-state index contributed by atoms with van der Waals surface area (Å²) in [5, 5.41) is 7.17. The van der Waals surface area contributed by atoms with Crippen molar-refractivity contribution in [1.29, 1.82) is 0 Å². The largest absolute Gasteiger partial charge is 0.497 e. The second-order valence-electron chi connectivity index (χ2n) is 7.34. The highest BCUT2D eigenvalue weighted by Crippen LogP contribution is 2.25. The number of hydrogen-bond donors (Lipinski definition) is 2. The molecule has 1 saturated heterocycles. The molecule has 3 rings (SSSR count). The van der Waals surface area contributed by atoms with Gasteiger partial charge in [-0.1, -0.05) is 25.1 Å². The topological polar surface area (TPSA) is 36.5 Å². The van der Waals surface area contributed by atoms with Gasteiger partial charge in [0.25, 0.3) is 0 Å². The van der Waals surface area contributed by atoms with Crippen LogP contribution in [0.15, 0.2) is 48.5 Å². The van der Waals surface area contributed by atoms with E-state index in [-0.39, 0.29) is 6.04 Å². The molecule has 0 spiro atoms. The van der Waals surface area contributed by atoms with Crippen molar-refractivity contribution < 1.29 is 4.74 Å². The molecule has 2 aromatic carbocycles. The zero-order valence-corrected chi connectivity index (χ0v) is 17.2. The Bertz CT molecular complexity index is 762. The number of rotatable bonds is 5. The van der Waals surface area contributed by atoms with Crippen molar-refractivity contribution in [1.82, 2.24) is 5.32 Å². The Labute approximate surface area is 167 Å². The number of benzene rings is 2. The molecule has 0 bridgehead atoms. The third kappa shape index (κ3) is 5.36. The van der Waals surface area contributed by atoms with Gasteiger partial charge in [0.15, 0.2) is 5.11 Å². The lowest BCUT2D eigenvalue weighted by atomic mass is 9.99. The van der Waals surface area contributed by atoms with E-state index in [1.54, 1.807) is 7.11 Å². The molecule has 0 aromatic heterocycles. The minimum absolute atomic E-state index is 0.130. The average Bonchev–Trinajstić information content (AvgIpc) is 2.68. The quantitative estimate of drug-likeness (QED) is 0.712. The van der Waals surface area contributed by atoms with E-state index < -0.39 is 0 Å². The summed E-state index contributed by atoms with van der Waals surface area (Å²) in [6.45, 7) is 6.77. The predicted octanol–water partition coefficient (Wildman–Crippen LogP) is 4.98. The number of nitrogens with one attached hydrogen (secondary N) is 2. The van der Waals surface area contributed by atoms with E-state index in [1.807, 2.05) is 24.3 Å². The number of thiocarbonyl (C=S) groups is 1. The van der Waals surface area contributed by atoms with E-state index in [4.69, 9.17) is 17.0 Å². The Balaban J connectivity index is 1.57. The molecule has 0 saturated carbocycles. The Hall–Kier alpha value is -2.27. The summed E-state index contributed by atoms with van der Waals surface area (Å²) in [5.41, 5.74) is 3.45. The van der Waals surface area contributed by atoms with E-state index in [2.05, 4.69) is 53.6 Å². The summed E-state index contributed by atoms with van der Waals surface area (Å²) in [7, 11) is 1.66. The zero-order valence-electron chi connectivity index (χ0n) is 16.4. The van der Waals surface area contributed by atoms with Gasteiger partial charge in [-0.3, -0.25) is 0 Å². The first-order valence-corrected chi connectivity index (χ1v) is 10.0. The highest BCUT2D eigenvalue weighted by atomic mass is 32.1. The lowest BCUT2D eigenvalue weighted by molar-refractivity contribution is 0.415. The maximum absolute atomic E-state index is 5.46. The first-order valence-electron chi connectivity index (χ1n) is 9.61. The second-order valence-corrected chi connectivity index (χ2v) is 7.75. The van der Waals surface area contributed by atoms with Crippen LogP contribution in [0.2, 0.25) is 0 Å². The standard InChI is InChI=1S/C22H29N3OS/c1-16-6-5-13-25(15-16)20-11-9-18(10-12-20)17(2)23-22(27)24-19-7-4-8-21(14-19)26-3/h4,7-12,14,16-17H,5-6,13,15H2,1-3H3,(H2,23,24,27). The van der Waals surface area contributed by atoms with Crippen LogP contribution in [0.5, 0.6) is 5.75 Å². The van der Waals surface area contributed by atoms with Gasteiger partial charge in [-0.25, -0.2) is 0 Å². The highest BCUT2D eigenvalue weighted by Gasteiger charge is 2.17. The first-order chi connectivity index (χ1) is 13.0. The van der Waals surface area contributed by atoms with E-state index in [9.17, 15) is 0 Å². The van der Waals surface area contributed by atoms with Gasteiger partial charge in [-0.2, -0.15) is 0 Å². The summed E-state index contributed by atoms with van der Waals surface area (Å²) in [6.07, 6.45) is 2.62. The minimum atomic E-state index is 0.130. The molecule has 1 aliphatic rings. The van der Waals surface area contributed by atoms with Gasteiger partial charge in [0.2, 0.25) is 0 Å². The molecule has 0 amide bonds. The lowest BCUT2D eigenvalue weighted by Gasteiger charge is -2.33. The molecule has 2 aromatic rings. The molecule has 4 nitrogen and oxygen atoms in total. The average molecular weight is 384 g/mol. The van der Waals surface area contributed by atoms with Crippen molar-refractivity contribution in [3.05, 3.63) is 54.1 Å². The van der Waals surface area contributed by atoms with Crippen LogP contribution in [0.1, 0.15) is 38.3 Å². The van der Waals surface area contributed by atoms with Gasteiger partial charge in [-0.05, 0) is 67.7 Å². The van der Waals surface area contributed by atoms with Crippen LogP contribution < -0.4 is 20.3 Å². The molecule has 2 atom stereocenters. The fourth-order valence-electron chi connectivity index (χ4n) is 3.55. The summed E-state index contributed by atoms with van der Waals surface area (Å²) in [4.78, 5) is 2.49. The van der Waals surface area contributed by atoms with Crippen molar-refractivity contribution >= 4 is 28.7 Å². The predicted molar refractivity (Wildman–Crippen MR) is 118 cm³/mol.